The summed E-state index contributed by atoms with van der Waals surface area (Å²) in [6, 6.07) is 17.6. The van der Waals surface area contributed by atoms with Gasteiger partial charge in [-0.05, 0) is 100 Å². The molecule has 0 aromatic heterocycles. The van der Waals surface area contributed by atoms with Crippen LogP contribution in [0, 0.1) is 29.8 Å². The lowest BCUT2D eigenvalue weighted by Gasteiger charge is -2.45. The average Bonchev–Trinajstić information content (AvgIpc) is 3.98. The molecule has 3 aromatic rings. The maximum atomic E-state index is 14.7. The second-order valence-electron chi connectivity index (χ2n) is 15.3. The van der Waals surface area contributed by atoms with Crippen molar-refractivity contribution in [1.82, 2.24) is 15.1 Å². The predicted octanol–water partition coefficient (Wildman–Crippen LogP) is 6.87. The Morgan fingerprint density at radius 2 is 1.58 bits per heavy atom. The molecule has 3 aliphatic rings. The van der Waals surface area contributed by atoms with Crippen molar-refractivity contribution in [2.75, 3.05) is 26.2 Å². The fourth-order valence-electron chi connectivity index (χ4n) is 7.21. The van der Waals surface area contributed by atoms with Crippen molar-refractivity contribution in [3.63, 3.8) is 0 Å². The van der Waals surface area contributed by atoms with Gasteiger partial charge in [-0.2, -0.15) is 4.39 Å². The minimum atomic E-state index is -1.34. The van der Waals surface area contributed by atoms with Gasteiger partial charge in [0.05, 0.1) is 18.1 Å². The number of benzene rings is 3. The predicted molar refractivity (Wildman–Crippen MR) is 196 cm³/mol. The normalized spacial score (nSPS) is 18.6. The number of carbonyl (C=O) groups is 3. The van der Waals surface area contributed by atoms with Gasteiger partial charge in [-0.25, -0.2) is 8.78 Å². The van der Waals surface area contributed by atoms with Gasteiger partial charge in [-0.15, -0.1) is 0 Å². The quantitative estimate of drug-likeness (QED) is 0.131. The van der Waals surface area contributed by atoms with Crippen LogP contribution in [0.4, 0.5) is 13.2 Å². The number of carbonyl (C=O) groups excluding carboxylic acids is 2. The zero-order valence-corrected chi connectivity index (χ0v) is 30.6. The van der Waals surface area contributed by atoms with E-state index >= 15 is 0 Å². The molecule has 2 bridgehead atoms. The first kappa shape index (κ1) is 38.1. The number of ether oxygens (including phenoxy) is 1. The van der Waals surface area contributed by atoms with E-state index in [4.69, 9.17) is 4.74 Å². The van der Waals surface area contributed by atoms with Crippen molar-refractivity contribution < 1.29 is 37.4 Å². The third-order valence-electron chi connectivity index (χ3n) is 10.7. The number of hydrogen-bond donors (Lipinski definition) is 2. The Bertz CT molecular complexity index is 1860. The van der Waals surface area contributed by atoms with Crippen LogP contribution in [0.3, 0.4) is 0 Å². The lowest BCUT2D eigenvalue weighted by Crippen LogP contribution is -2.62. The van der Waals surface area contributed by atoms with E-state index in [2.05, 4.69) is 29.6 Å². The minimum Gasteiger partial charge on any atom is -0.488 e. The highest BCUT2D eigenvalue weighted by atomic mass is 19.2. The molecule has 6 rings (SSSR count). The van der Waals surface area contributed by atoms with E-state index in [0.717, 1.165) is 53.7 Å². The van der Waals surface area contributed by atoms with Gasteiger partial charge in [0.2, 0.25) is 11.7 Å². The summed E-state index contributed by atoms with van der Waals surface area (Å²) in [5.74, 6) is -5.26. The van der Waals surface area contributed by atoms with Crippen LogP contribution in [-0.2, 0) is 27.2 Å². The van der Waals surface area contributed by atoms with E-state index in [-0.39, 0.29) is 49.4 Å². The van der Waals surface area contributed by atoms with Crippen LogP contribution in [-0.4, -0.2) is 77.1 Å². The van der Waals surface area contributed by atoms with E-state index in [0.29, 0.717) is 44.5 Å². The number of halogens is 3. The molecule has 2 fully saturated rings. The first-order chi connectivity index (χ1) is 25.3. The molecule has 2 atom stereocenters. The summed E-state index contributed by atoms with van der Waals surface area (Å²) >= 11 is 0. The fourth-order valence-corrected chi connectivity index (χ4v) is 7.21. The number of carboxylic acids is 1. The zero-order chi connectivity index (χ0) is 37.9. The van der Waals surface area contributed by atoms with Crippen molar-refractivity contribution in [3.8, 4) is 5.75 Å². The molecule has 8 nitrogen and oxygen atoms in total. The van der Waals surface area contributed by atoms with Crippen LogP contribution in [0.2, 0.25) is 0 Å². The Hall–Kier alpha value is -4.64. The molecule has 2 aliphatic heterocycles. The summed E-state index contributed by atoms with van der Waals surface area (Å²) in [5.41, 5.74) is 4.84. The fraction of sp³-hybridized carbons (Fsp3) is 0.452. The highest BCUT2D eigenvalue weighted by Gasteiger charge is 2.43. The number of carboxylic acid groups (broad SMARTS) is 1. The Kier molecular flexibility index (Phi) is 11.6. The number of aliphatic carboxylic acids is 1. The Morgan fingerprint density at radius 3 is 2.26 bits per heavy atom. The number of aryl methyl sites for hydroxylation is 2. The second kappa shape index (κ2) is 16.2. The third kappa shape index (κ3) is 9.12. The topological polar surface area (TPSA) is 99.2 Å². The minimum absolute atomic E-state index is 0.000487. The van der Waals surface area contributed by atoms with Crippen LogP contribution in [0.5, 0.6) is 5.75 Å². The highest BCUT2D eigenvalue weighted by molar-refractivity contribution is 6.03. The van der Waals surface area contributed by atoms with Crippen LogP contribution in [0.1, 0.15) is 74.6 Å². The Labute approximate surface area is 309 Å². The standard InChI is InChI=1S/C42H48F3N3O5/c1-26-6-8-28(9-7-26)19-21-48(31-14-15-31)40(50)37-32(23-30-24-47(25-35(37)46-30)36(49)18-20-42(2,3)41(51)52)29-12-10-27(11-13-29)5-4-22-53-39-34(44)17-16-33(43)38(39)45/h6-13,16-17,30-31,35,46H,4-5,14-15,18-25H2,1-3H3,(H,51,52)/t30-,35-/m1/s1. The van der Waals surface area contributed by atoms with Crippen LogP contribution >= 0.6 is 0 Å². The molecule has 1 saturated carbocycles. The molecule has 0 radical (unpaired) electrons. The summed E-state index contributed by atoms with van der Waals surface area (Å²) in [4.78, 5) is 43.7. The van der Waals surface area contributed by atoms with Crippen LogP contribution < -0.4 is 10.1 Å². The van der Waals surface area contributed by atoms with Gasteiger partial charge in [0, 0.05) is 43.7 Å². The summed E-state index contributed by atoms with van der Waals surface area (Å²) in [5, 5.41) is 13.2. The molecule has 1 aliphatic carbocycles. The first-order valence-corrected chi connectivity index (χ1v) is 18.5. The Balaban J connectivity index is 1.21. The molecule has 53 heavy (non-hydrogen) atoms. The van der Waals surface area contributed by atoms with Crippen molar-refractivity contribution in [2.45, 2.75) is 90.3 Å². The molecule has 0 unspecified atom stereocenters. The van der Waals surface area contributed by atoms with E-state index in [1.165, 1.54) is 5.56 Å². The first-order valence-electron chi connectivity index (χ1n) is 18.5. The number of hydrogen-bond acceptors (Lipinski definition) is 5. The molecular formula is C42H48F3N3O5. The number of rotatable bonds is 15. The van der Waals surface area contributed by atoms with Gasteiger partial charge < -0.3 is 25.0 Å². The number of nitrogens with one attached hydrogen (secondary N) is 1. The number of piperazine rings is 1. The van der Waals surface area contributed by atoms with Gasteiger partial charge in [0.1, 0.15) is 0 Å². The lowest BCUT2D eigenvalue weighted by atomic mass is 9.82. The second-order valence-corrected chi connectivity index (χ2v) is 15.3. The maximum Gasteiger partial charge on any atom is 0.309 e. The molecule has 11 heteroatoms. The number of nitrogens with zero attached hydrogens (tertiary/aromatic N) is 2. The molecule has 282 valence electrons. The monoisotopic (exact) mass is 731 g/mol. The third-order valence-corrected chi connectivity index (χ3v) is 10.7. The van der Waals surface area contributed by atoms with Gasteiger partial charge in [0.15, 0.2) is 17.4 Å². The number of amides is 2. The summed E-state index contributed by atoms with van der Waals surface area (Å²) in [7, 11) is 0. The van der Waals surface area contributed by atoms with Crippen molar-refractivity contribution >= 4 is 23.4 Å². The summed E-state index contributed by atoms with van der Waals surface area (Å²) in [6.07, 6.45) is 4.50. The van der Waals surface area contributed by atoms with Crippen molar-refractivity contribution in [1.29, 1.82) is 0 Å². The molecule has 3 aromatic carbocycles. The number of fused-ring (bicyclic) bond motifs is 2. The molecule has 2 amide bonds. The average molecular weight is 732 g/mol. The van der Waals surface area contributed by atoms with Crippen LogP contribution in [0.15, 0.2) is 66.2 Å². The SMILES string of the molecule is Cc1ccc(CCN(C(=O)C2=C(c3ccc(CCCOc4c(F)ccc(F)c4F)cc3)C[C@@H]3CN(C(=O)CCC(C)(C)C(=O)O)C[C@H]2N3)C2CC2)cc1. The molecule has 2 N–H and O–H groups in total. The van der Waals surface area contributed by atoms with Gasteiger partial charge in [-0.1, -0.05) is 54.1 Å². The smallest absolute Gasteiger partial charge is 0.309 e. The van der Waals surface area contributed by atoms with Crippen molar-refractivity contribution in [3.05, 3.63) is 106 Å². The lowest BCUT2D eigenvalue weighted by molar-refractivity contribution is -0.148. The summed E-state index contributed by atoms with van der Waals surface area (Å²) < 4.78 is 46.7. The van der Waals surface area contributed by atoms with E-state index in [9.17, 15) is 32.7 Å². The molecule has 1 saturated heterocycles. The van der Waals surface area contributed by atoms with E-state index in [1.807, 2.05) is 36.1 Å². The highest BCUT2D eigenvalue weighted by Crippen LogP contribution is 2.37. The zero-order valence-electron chi connectivity index (χ0n) is 30.6. The van der Waals surface area contributed by atoms with Crippen LogP contribution in [0.25, 0.3) is 5.57 Å². The molecule has 0 spiro atoms. The largest absolute Gasteiger partial charge is 0.488 e. The van der Waals surface area contributed by atoms with Gasteiger partial charge in [0.25, 0.3) is 5.91 Å². The maximum absolute atomic E-state index is 14.7. The summed E-state index contributed by atoms with van der Waals surface area (Å²) in [6.45, 7) is 6.65. The molecule has 2 heterocycles. The Morgan fingerprint density at radius 1 is 0.925 bits per heavy atom. The van der Waals surface area contributed by atoms with Gasteiger partial charge in [-0.3, -0.25) is 14.4 Å². The van der Waals surface area contributed by atoms with Gasteiger partial charge >= 0.3 is 5.97 Å². The molecular weight excluding hydrogens is 683 g/mol. The van der Waals surface area contributed by atoms with E-state index < -0.39 is 34.6 Å². The van der Waals surface area contributed by atoms with E-state index in [1.54, 1.807) is 18.7 Å². The van der Waals surface area contributed by atoms with Crippen molar-refractivity contribution in [2.24, 2.45) is 5.41 Å².